The van der Waals surface area contributed by atoms with Crippen molar-refractivity contribution in [3.8, 4) is 0 Å². The van der Waals surface area contributed by atoms with Crippen LogP contribution in [0.4, 0.5) is 0 Å². The first-order valence-corrected chi connectivity index (χ1v) is 5.32. The zero-order valence-electron chi connectivity index (χ0n) is 8.08. The Bertz CT molecular complexity index is 339. The molecular formula is C10H14N2OS. The summed E-state index contributed by atoms with van der Waals surface area (Å²) in [7, 11) is 0. The molecule has 0 saturated carbocycles. The number of hydrogen-bond acceptors (Lipinski definition) is 3. The number of nitrogens with two attached hydrogens (primary N) is 1. The van der Waals surface area contributed by atoms with Crippen molar-refractivity contribution in [3.05, 3.63) is 29.3 Å². The van der Waals surface area contributed by atoms with Crippen molar-refractivity contribution in [2.75, 3.05) is 12.4 Å². The molecule has 0 aliphatic carbocycles. The summed E-state index contributed by atoms with van der Waals surface area (Å²) in [5.74, 6) is 0.706. The Hall–Kier alpha value is -1.00. The van der Waals surface area contributed by atoms with Crippen LogP contribution in [0.3, 0.4) is 0 Å². The van der Waals surface area contributed by atoms with E-state index < -0.39 is 0 Å². The van der Waals surface area contributed by atoms with Gasteiger partial charge < -0.3 is 10.8 Å². The second-order valence-electron chi connectivity index (χ2n) is 2.99. The minimum absolute atomic E-state index is 0.0779. The summed E-state index contributed by atoms with van der Waals surface area (Å²) in [6.45, 7) is 2.10. The average Bonchev–Trinajstić information content (AvgIpc) is 2.15. The van der Waals surface area contributed by atoms with Crippen LogP contribution in [0.25, 0.3) is 0 Å². The number of thioether (sulfide) groups is 1. The van der Waals surface area contributed by atoms with Gasteiger partial charge in [0.2, 0.25) is 0 Å². The maximum atomic E-state index is 8.71. The largest absolute Gasteiger partial charge is 0.396 e. The molecule has 76 valence electrons. The lowest BCUT2D eigenvalue weighted by Gasteiger charge is -2.07. The normalized spacial score (nSPS) is 10.1. The van der Waals surface area contributed by atoms with Gasteiger partial charge in [-0.25, -0.2) is 0 Å². The van der Waals surface area contributed by atoms with E-state index in [2.05, 4.69) is 0 Å². The molecule has 4 heteroatoms. The molecule has 0 spiro atoms. The van der Waals surface area contributed by atoms with Crippen molar-refractivity contribution >= 4 is 17.6 Å². The highest BCUT2D eigenvalue weighted by Gasteiger charge is 2.05. The van der Waals surface area contributed by atoms with Crippen LogP contribution in [0.5, 0.6) is 0 Å². The third kappa shape index (κ3) is 2.75. The van der Waals surface area contributed by atoms with Gasteiger partial charge in [0.25, 0.3) is 0 Å². The second-order valence-corrected chi connectivity index (χ2v) is 4.12. The molecule has 0 saturated heterocycles. The van der Waals surface area contributed by atoms with Crippen molar-refractivity contribution in [3.63, 3.8) is 0 Å². The van der Waals surface area contributed by atoms with Gasteiger partial charge in [0.15, 0.2) is 0 Å². The smallest absolute Gasteiger partial charge is 0.123 e. The molecule has 0 heterocycles. The topological polar surface area (TPSA) is 70.1 Å². The minimum Gasteiger partial charge on any atom is -0.396 e. The number of nitrogens with one attached hydrogen (secondary N) is 1. The van der Waals surface area contributed by atoms with Crippen molar-refractivity contribution in [2.24, 2.45) is 5.73 Å². The fourth-order valence-corrected chi connectivity index (χ4v) is 1.94. The molecule has 1 aromatic carbocycles. The molecular weight excluding hydrogens is 196 g/mol. The summed E-state index contributed by atoms with van der Waals surface area (Å²) < 4.78 is 0. The zero-order valence-corrected chi connectivity index (χ0v) is 8.90. The quantitative estimate of drug-likeness (QED) is 0.399. The minimum atomic E-state index is 0.0779. The molecule has 14 heavy (non-hydrogen) atoms. The van der Waals surface area contributed by atoms with Gasteiger partial charge >= 0.3 is 0 Å². The summed E-state index contributed by atoms with van der Waals surface area (Å²) >= 11 is 1.51. The fraction of sp³-hybridized carbons (Fsp3) is 0.300. The Balaban J connectivity index is 2.96. The first-order valence-electron chi connectivity index (χ1n) is 4.34. The fourth-order valence-electron chi connectivity index (χ4n) is 1.14. The first-order chi connectivity index (χ1) is 6.65. The van der Waals surface area contributed by atoms with Crippen molar-refractivity contribution < 1.29 is 5.11 Å². The Kier molecular flexibility index (Phi) is 3.98. The van der Waals surface area contributed by atoms with E-state index in [0.29, 0.717) is 5.75 Å². The van der Waals surface area contributed by atoms with Crippen LogP contribution >= 0.6 is 11.8 Å². The highest BCUT2D eigenvalue weighted by molar-refractivity contribution is 7.99. The van der Waals surface area contributed by atoms with Crippen LogP contribution < -0.4 is 5.73 Å². The molecule has 3 nitrogen and oxygen atoms in total. The maximum Gasteiger partial charge on any atom is 0.123 e. The second kappa shape index (κ2) is 5.02. The number of aryl methyl sites for hydroxylation is 1. The van der Waals surface area contributed by atoms with Gasteiger partial charge in [-0.1, -0.05) is 11.6 Å². The summed E-state index contributed by atoms with van der Waals surface area (Å²) in [6, 6.07) is 5.81. The van der Waals surface area contributed by atoms with Crippen LogP contribution in [0.2, 0.25) is 0 Å². The molecule has 0 unspecified atom stereocenters. The van der Waals surface area contributed by atoms with E-state index in [-0.39, 0.29) is 12.4 Å². The van der Waals surface area contributed by atoms with E-state index in [4.69, 9.17) is 16.2 Å². The molecule has 1 aromatic rings. The average molecular weight is 210 g/mol. The summed E-state index contributed by atoms with van der Waals surface area (Å²) in [5, 5.41) is 16.1. The van der Waals surface area contributed by atoms with Crippen LogP contribution in [0, 0.1) is 12.3 Å². The molecule has 0 atom stereocenters. The summed E-state index contributed by atoms with van der Waals surface area (Å²) in [6.07, 6.45) is 0. The summed E-state index contributed by atoms with van der Waals surface area (Å²) in [4.78, 5) is 0.956. The van der Waals surface area contributed by atoms with Crippen molar-refractivity contribution in [1.82, 2.24) is 0 Å². The molecule has 1 rings (SSSR count). The predicted octanol–water partition coefficient (Wildman–Crippen LogP) is 1.36. The number of aliphatic hydroxyl groups is 1. The van der Waals surface area contributed by atoms with Gasteiger partial charge in [-0.2, -0.15) is 0 Å². The molecule has 0 amide bonds. The highest BCUT2D eigenvalue weighted by Crippen LogP contribution is 2.23. The predicted molar refractivity (Wildman–Crippen MR) is 60.0 cm³/mol. The summed E-state index contributed by atoms with van der Waals surface area (Å²) in [5.41, 5.74) is 7.30. The third-order valence-corrected chi connectivity index (χ3v) is 2.83. The maximum absolute atomic E-state index is 8.71. The molecule has 0 aliphatic heterocycles. The monoisotopic (exact) mass is 210 g/mol. The van der Waals surface area contributed by atoms with Crippen LogP contribution in [0.15, 0.2) is 23.1 Å². The van der Waals surface area contributed by atoms with Gasteiger partial charge in [0.05, 0.1) is 6.61 Å². The Labute approximate surface area is 87.8 Å². The standard InChI is InChI=1S/C10H14N2OS/c1-7-2-3-9(14-5-4-13)8(6-7)10(11)12/h2-3,6,13H,4-5H2,1H3,(H3,11,12). The van der Waals surface area contributed by atoms with Gasteiger partial charge in [0.1, 0.15) is 5.84 Å². The molecule has 0 fully saturated rings. The van der Waals surface area contributed by atoms with E-state index in [1.165, 1.54) is 11.8 Å². The van der Waals surface area contributed by atoms with E-state index in [1.54, 1.807) is 0 Å². The van der Waals surface area contributed by atoms with E-state index in [1.807, 2.05) is 25.1 Å². The van der Waals surface area contributed by atoms with Gasteiger partial charge in [0, 0.05) is 16.2 Å². The number of hydrogen-bond donors (Lipinski definition) is 3. The third-order valence-electron chi connectivity index (χ3n) is 1.77. The van der Waals surface area contributed by atoms with Gasteiger partial charge in [-0.3, -0.25) is 5.41 Å². The van der Waals surface area contributed by atoms with Crippen molar-refractivity contribution in [2.45, 2.75) is 11.8 Å². The molecule has 0 aliphatic rings. The van der Waals surface area contributed by atoms with E-state index in [0.717, 1.165) is 16.0 Å². The van der Waals surface area contributed by atoms with Gasteiger partial charge in [-0.05, 0) is 19.1 Å². The Morgan fingerprint density at radius 3 is 2.86 bits per heavy atom. The lowest BCUT2D eigenvalue weighted by molar-refractivity contribution is 0.322. The highest BCUT2D eigenvalue weighted by atomic mass is 32.2. The van der Waals surface area contributed by atoms with Gasteiger partial charge in [-0.15, -0.1) is 11.8 Å². The number of nitrogen functional groups attached to an aromatic ring is 1. The number of amidine groups is 1. The van der Waals surface area contributed by atoms with E-state index >= 15 is 0 Å². The van der Waals surface area contributed by atoms with Crippen LogP contribution in [-0.2, 0) is 0 Å². The molecule has 0 radical (unpaired) electrons. The van der Waals surface area contributed by atoms with Crippen molar-refractivity contribution in [1.29, 1.82) is 5.41 Å². The Morgan fingerprint density at radius 1 is 1.57 bits per heavy atom. The number of benzene rings is 1. The molecule has 4 N–H and O–H groups in total. The first kappa shape index (κ1) is 11.1. The molecule has 0 aromatic heterocycles. The number of rotatable bonds is 4. The lowest BCUT2D eigenvalue weighted by atomic mass is 10.1. The van der Waals surface area contributed by atoms with Crippen LogP contribution in [-0.4, -0.2) is 23.3 Å². The van der Waals surface area contributed by atoms with Crippen LogP contribution in [0.1, 0.15) is 11.1 Å². The SMILES string of the molecule is Cc1ccc(SCCO)c(C(=N)N)c1. The molecule has 0 bridgehead atoms. The van der Waals surface area contributed by atoms with E-state index in [9.17, 15) is 0 Å². The number of aliphatic hydroxyl groups excluding tert-OH is 1. The zero-order chi connectivity index (χ0) is 10.6. The Morgan fingerprint density at radius 2 is 2.29 bits per heavy atom. The lowest BCUT2D eigenvalue weighted by Crippen LogP contribution is -2.12.